The molecular formula is C27H30F5N3O2. The number of aromatic nitrogens is 1. The number of pyridine rings is 1. The lowest BCUT2D eigenvalue weighted by molar-refractivity contribution is 0.0314. The van der Waals surface area contributed by atoms with E-state index < -0.39 is 34.9 Å². The maximum Gasteiger partial charge on any atom is 0.152 e. The monoisotopic (exact) mass is 523 g/mol. The first kappa shape index (κ1) is 27.1. The number of aliphatic hydroxyl groups excluding tert-OH is 1. The zero-order valence-electron chi connectivity index (χ0n) is 20.5. The predicted octanol–water partition coefficient (Wildman–Crippen LogP) is 5.78. The van der Waals surface area contributed by atoms with E-state index in [1.165, 1.54) is 7.11 Å². The summed E-state index contributed by atoms with van der Waals surface area (Å²) in [4.78, 5) is 6.12. The summed E-state index contributed by atoms with van der Waals surface area (Å²) >= 11 is 0. The van der Waals surface area contributed by atoms with Gasteiger partial charge in [0, 0.05) is 42.8 Å². The number of nitrogens with one attached hydrogen (secondary N) is 1. The Balaban J connectivity index is 1.33. The van der Waals surface area contributed by atoms with Gasteiger partial charge in [0.25, 0.3) is 0 Å². The standard InChI is InChI=1S/C27H30F5N3O2/c1-37-18-2-3-24-19(14-18)25(23(32)15-34-24)20(29)4-5-27(16-36)6-9-35(10-7-27)11-8-33-26-21(30)12-17(28)13-22(26)31/h2-3,12-15,20,33,36H,4-11,16H2,1H3/t20-/m1/s1. The number of nitrogens with zero attached hydrogens (tertiary/aromatic N) is 2. The van der Waals surface area contributed by atoms with Gasteiger partial charge < -0.3 is 20.1 Å². The molecular weight excluding hydrogens is 493 g/mol. The zero-order chi connectivity index (χ0) is 26.6. The second-order valence-electron chi connectivity index (χ2n) is 9.58. The fourth-order valence-electron chi connectivity index (χ4n) is 4.98. The van der Waals surface area contributed by atoms with Crippen LogP contribution in [-0.2, 0) is 0 Å². The average molecular weight is 524 g/mol. The molecule has 2 heterocycles. The number of benzene rings is 2. The molecule has 3 aromatic rings. The van der Waals surface area contributed by atoms with Gasteiger partial charge in [-0.2, -0.15) is 0 Å². The molecule has 37 heavy (non-hydrogen) atoms. The number of hydrogen-bond donors (Lipinski definition) is 2. The average Bonchev–Trinajstić information content (AvgIpc) is 2.89. The van der Waals surface area contributed by atoms with Crippen molar-refractivity contribution in [2.45, 2.75) is 31.9 Å². The number of alkyl halides is 1. The van der Waals surface area contributed by atoms with Gasteiger partial charge >= 0.3 is 0 Å². The fourth-order valence-corrected chi connectivity index (χ4v) is 4.98. The van der Waals surface area contributed by atoms with Crippen LogP contribution in [0.2, 0.25) is 0 Å². The summed E-state index contributed by atoms with van der Waals surface area (Å²) in [6.45, 7) is 1.83. The van der Waals surface area contributed by atoms with Crippen molar-refractivity contribution in [3.8, 4) is 5.75 Å². The lowest BCUT2D eigenvalue weighted by Crippen LogP contribution is -2.43. The molecule has 0 spiro atoms. The maximum absolute atomic E-state index is 15.4. The highest BCUT2D eigenvalue weighted by molar-refractivity contribution is 5.84. The third-order valence-electron chi connectivity index (χ3n) is 7.30. The third kappa shape index (κ3) is 6.13. The van der Waals surface area contributed by atoms with Crippen LogP contribution >= 0.6 is 0 Å². The van der Waals surface area contributed by atoms with Crippen molar-refractivity contribution in [3.05, 3.63) is 65.4 Å². The minimum absolute atomic E-state index is 0.0402. The number of rotatable bonds is 10. The molecule has 0 saturated carbocycles. The number of methoxy groups -OCH3 is 1. The van der Waals surface area contributed by atoms with E-state index in [2.05, 4.69) is 15.2 Å². The fraction of sp³-hybridized carbons (Fsp3) is 0.444. The molecule has 0 radical (unpaired) electrons. The minimum Gasteiger partial charge on any atom is -0.497 e. The van der Waals surface area contributed by atoms with E-state index in [1.54, 1.807) is 18.2 Å². The van der Waals surface area contributed by atoms with Crippen LogP contribution in [0.1, 0.15) is 37.4 Å². The zero-order valence-corrected chi connectivity index (χ0v) is 20.5. The number of likely N-dealkylation sites (tertiary alicyclic amines) is 1. The van der Waals surface area contributed by atoms with E-state index in [0.717, 1.165) is 6.20 Å². The molecule has 2 N–H and O–H groups in total. The van der Waals surface area contributed by atoms with Gasteiger partial charge in [-0.25, -0.2) is 22.0 Å². The van der Waals surface area contributed by atoms with Crippen LogP contribution in [-0.4, -0.2) is 54.9 Å². The lowest BCUT2D eigenvalue weighted by atomic mass is 9.74. The topological polar surface area (TPSA) is 57.6 Å². The molecule has 4 rings (SSSR count). The highest BCUT2D eigenvalue weighted by Gasteiger charge is 2.35. The molecule has 1 aliphatic heterocycles. The number of hydrogen-bond acceptors (Lipinski definition) is 5. The Morgan fingerprint density at radius 3 is 2.43 bits per heavy atom. The van der Waals surface area contributed by atoms with Gasteiger partial charge in [0.1, 0.15) is 29.2 Å². The summed E-state index contributed by atoms with van der Waals surface area (Å²) in [6.07, 6.45) is 1.05. The van der Waals surface area contributed by atoms with Crippen LogP contribution in [0.4, 0.5) is 27.6 Å². The Labute approximate surface area is 212 Å². The van der Waals surface area contributed by atoms with Crippen LogP contribution in [0, 0.1) is 28.7 Å². The van der Waals surface area contributed by atoms with E-state index in [4.69, 9.17) is 4.74 Å². The number of anilines is 1. The third-order valence-corrected chi connectivity index (χ3v) is 7.30. The van der Waals surface area contributed by atoms with Gasteiger partial charge in [-0.1, -0.05) is 0 Å². The van der Waals surface area contributed by atoms with Crippen molar-refractivity contribution >= 4 is 16.6 Å². The molecule has 0 aliphatic carbocycles. The van der Waals surface area contributed by atoms with Crippen molar-refractivity contribution < 1.29 is 31.8 Å². The predicted molar refractivity (Wildman–Crippen MR) is 131 cm³/mol. The molecule has 200 valence electrons. The quantitative estimate of drug-likeness (QED) is 0.330. The number of fused-ring (bicyclic) bond motifs is 1. The van der Waals surface area contributed by atoms with Crippen LogP contribution in [0.3, 0.4) is 0 Å². The molecule has 0 unspecified atom stereocenters. The van der Waals surface area contributed by atoms with Crippen molar-refractivity contribution in [2.75, 3.05) is 45.2 Å². The highest BCUT2D eigenvalue weighted by Crippen LogP contribution is 2.40. The van der Waals surface area contributed by atoms with Crippen molar-refractivity contribution in [1.29, 1.82) is 0 Å². The van der Waals surface area contributed by atoms with Gasteiger partial charge in [-0.15, -0.1) is 0 Å². The van der Waals surface area contributed by atoms with Crippen LogP contribution < -0.4 is 10.1 Å². The summed E-state index contributed by atoms with van der Waals surface area (Å²) in [5, 5.41) is 13.2. The number of ether oxygens (including phenoxy) is 1. The Kier molecular flexibility index (Phi) is 8.49. The van der Waals surface area contributed by atoms with Gasteiger partial charge in [0.2, 0.25) is 0 Å². The summed E-state index contributed by atoms with van der Waals surface area (Å²) in [7, 11) is 1.48. The van der Waals surface area contributed by atoms with Gasteiger partial charge in [-0.3, -0.25) is 4.98 Å². The molecule has 1 saturated heterocycles. The highest BCUT2D eigenvalue weighted by atomic mass is 19.2. The normalized spacial score (nSPS) is 16.6. The van der Waals surface area contributed by atoms with Gasteiger partial charge in [0.05, 0.1) is 18.8 Å². The molecule has 0 amide bonds. The summed E-state index contributed by atoms with van der Waals surface area (Å²) < 4.78 is 75.9. The Hall–Kier alpha value is -2.98. The van der Waals surface area contributed by atoms with E-state index >= 15 is 4.39 Å². The molecule has 5 nitrogen and oxygen atoms in total. The van der Waals surface area contributed by atoms with Gasteiger partial charge in [0.15, 0.2) is 11.6 Å². The summed E-state index contributed by atoms with van der Waals surface area (Å²) in [6, 6.07) is 6.16. The molecule has 1 aromatic heterocycles. The summed E-state index contributed by atoms with van der Waals surface area (Å²) in [5.74, 6) is -3.21. The van der Waals surface area contributed by atoms with Crippen LogP contribution in [0.25, 0.3) is 10.9 Å². The van der Waals surface area contributed by atoms with Crippen molar-refractivity contribution in [1.82, 2.24) is 9.88 Å². The lowest BCUT2D eigenvalue weighted by Gasteiger charge is -2.41. The second-order valence-corrected chi connectivity index (χ2v) is 9.58. The Bertz CT molecular complexity index is 1210. The second kappa shape index (κ2) is 11.6. The number of piperidine rings is 1. The first-order chi connectivity index (χ1) is 17.7. The minimum atomic E-state index is -1.58. The largest absolute Gasteiger partial charge is 0.497 e. The number of halogens is 5. The van der Waals surface area contributed by atoms with Crippen molar-refractivity contribution in [2.24, 2.45) is 5.41 Å². The molecule has 0 bridgehead atoms. The van der Waals surface area contributed by atoms with E-state index in [9.17, 15) is 22.7 Å². The maximum atomic E-state index is 15.4. The van der Waals surface area contributed by atoms with Crippen molar-refractivity contribution in [3.63, 3.8) is 0 Å². The Morgan fingerprint density at radius 1 is 1.08 bits per heavy atom. The van der Waals surface area contributed by atoms with Crippen LogP contribution in [0.5, 0.6) is 5.75 Å². The first-order valence-electron chi connectivity index (χ1n) is 12.2. The first-order valence-corrected chi connectivity index (χ1v) is 12.2. The smallest absolute Gasteiger partial charge is 0.152 e. The molecule has 10 heteroatoms. The van der Waals surface area contributed by atoms with E-state index in [0.29, 0.717) is 67.7 Å². The molecule has 2 aromatic carbocycles. The summed E-state index contributed by atoms with van der Waals surface area (Å²) in [5.41, 5.74) is -0.453. The van der Waals surface area contributed by atoms with Gasteiger partial charge in [-0.05, 0) is 62.4 Å². The van der Waals surface area contributed by atoms with E-state index in [-0.39, 0.29) is 30.8 Å². The molecule has 1 aliphatic rings. The van der Waals surface area contributed by atoms with E-state index in [1.807, 2.05) is 0 Å². The molecule has 1 fully saturated rings. The molecule has 1 atom stereocenters. The number of aliphatic hydroxyl groups is 1. The van der Waals surface area contributed by atoms with Crippen LogP contribution in [0.15, 0.2) is 36.5 Å². The Morgan fingerprint density at radius 2 is 1.78 bits per heavy atom. The SMILES string of the molecule is COc1ccc2ncc(F)c([C@H](F)CCC3(CO)CCN(CCNc4c(F)cc(F)cc4F)CC3)c2c1.